The summed E-state index contributed by atoms with van der Waals surface area (Å²) in [4.78, 5) is 12.2. The summed E-state index contributed by atoms with van der Waals surface area (Å²) in [7, 11) is 1.82. The van der Waals surface area contributed by atoms with Crippen LogP contribution in [0.5, 0.6) is 0 Å². The van der Waals surface area contributed by atoms with Gasteiger partial charge in [0.05, 0.1) is 5.69 Å². The fraction of sp³-hybridized carbons (Fsp3) is 0.235. The van der Waals surface area contributed by atoms with Gasteiger partial charge in [-0.1, -0.05) is 19.1 Å². The number of hydrogen-bond donors (Lipinski definition) is 1. The van der Waals surface area contributed by atoms with Gasteiger partial charge in [0.25, 0.3) is 0 Å². The van der Waals surface area contributed by atoms with Gasteiger partial charge in [-0.05, 0) is 24.1 Å². The summed E-state index contributed by atoms with van der Waals surface area (Å²) in [5.74, 6) is -0.183. The minimum absolute atomic E-state index is 0.0686. The monoisotopic (exact) mass is 329 g/mol. The van der Waals surface area contributed by atoms with E-state index in [-0.39, 0.29) is 11.6 Å². The Kier molecular flexibility index (Phi) is 4.50. The van der Waals surface area contributed by atoms with Crippen molar-refractivity contribution in [1.29, 1.82) is 0 Å². The Labute approximate surface area is 138 Å². The van der Waals surface area contributed by atoms with Crippen LogP contribution in [0.25, 0.3) is 0 Å². The van der Waals surface area contributed by atoms with E-state index in [0.29, 0.717) is 23.5 Å². The first kappa shape index (κ1) is 16.0. The topological polar surface area (TPSA) is 55.6 Å². The van der Waals surface area contributed by atoms with Crippen LogP contribution < -0.4 is 5.32 Å². The molecule has 0 amide bonds. The SMILES string of the molecule is CCc1ncnc(N[C@H](c2cccc(F)c2)c2nccn2C)c1F. The van der Waals surface area contributed by atoms with Gasteiger partial charge in [0, 0.05) is 19.4 Å². The average Bonchev–Trinajstić information content (AvgIpc) is 3.00. The first-order valence-electron chi connectivity index (χ1n) is 7.58. The molecular formula is C17H17F2N5. The molecule has 0 spiro atoms. The lowest BCUT2D eigenvalue weighted by atomic mass is 10.1. The summed E-state index contributed by atoms with van der Waals surface area (Å²) >= 11 is 0. The van der Waals surface area contributed by atoms with Crippen LogP contribution in [0.4, 0.5) is 14.6 Å². The molecule has 7 heteroatoms. The number of aryl methyl sites for hydroxylation is 2. The van der Waals surface area contributed by atoms with Gasteiger partial charge in [0.1, 0.15) is 24.0 Å². The maximum Gasteiger partial charge on any atom is 0.186 e. The Hall–Kier alpha value is -2.83. The number of hydrogen-bond acceptors (Lipinski definition) is 4. The van der Waals surface area contributed by atoms with E-state index in [9.17, 15) is 8.78 Å². The molecular weight excluding hydrogens is 312 g/mol. The second-order valence-corrected chi connectivity index (χ2v) is 5.37. The molecule has 3 rings (SSSR count). The van der Waals surface area contributed by atoms with E-state index in [1.165, 1.54) is 18.5 Å². The van der Waals surface area contributed by atoms with Gasteiger partial charge in [-0.25, -0.2) is 23.7 Å². The van der Waals surface area contributed by atoms with E-state index in [4.69, 9.17) is 0 Å². The molecule has 2 aromatic heterocycles. The summed E-state index contributed by atoms with van der Waals surface area (Å²) in [6, 6.07) is 5.58. The van der Waals surface area contributed by atoms with Crippen molar-refractivity contribution in [2.45, 2.75) is 19.4 Å². The highest BCUT2D eigenvalue weighted by Gasteiger charge is 2.21. The summed E-state index contributed by atoms with van der Waals surface area (Å²) in [6.07, 6.45) is 5.18. The minimum Gasteiger partial charge on any atom is -0.354 e. The van der Waals surface area contributed by atoms with Gasteiger partial charge < -0.3 is 9.88 Å². The molecule has 0 unspecified atom stereocenters. The molecule has 124 valence electrons. The van der Waals surface area contributed by atoms with Gasteiger partial charge in [-0.15, -0.1) is 0 Å². The highest BCUT2D eigenvalue weighted by atomic mass is 19.1. The number of halogens is 2. The maximum absolute atomic E-state index is 14.5. The maximum atomic E-state index is 14.5. The second kappa shape index (κ2) is 6.74. The van der Waals surface area contributed by atoms with E-state index >= 15 is 0 Å². The third kappa shape index (κ3) is 3.10. The van der Waals surface area contributed by atoms with Gasteiger partial charge in [0.15, 0.2) is 11.6 Å². The minimum atomic E-state index is -0.546. The number of anilines is 1. The molecule has 0 radical (unpaired) electrons. The van der Waals surface area contributed by atoms with Crippen molar-refractivity contribution in [3.05, 3.63) is 71.7 Å². The predicted octanol–water partition coefficient (Wildman–Crippen LogP) is 3.25. The number of benzene rings is 1. The molecule has 3 aromatic rings. The van der Waals surface area contributed by atoms with Crippen molar-refractivity contribution in [2.24, 2.45) is 7.05 Å². The zero-order valence-corrected chi connectivity index (χ0v) is 13.4. The fourth-order valence-corrected chi connectivity index (χ4v) is 2.53. The van der Waals surface area contributed by atoms with Crippen molar-refractivity contribution < 1.29 is 8.78 Å². The van der Waals surface area contributed by atoms with Crippen LogP contribution >= 0.6 is 0 Å². The van der Waals surface area contributed by atoms with Crippen molar-refractivity contribution >= 4 is 5.82 Å². The average molecular weight is 329 g/mol. The molecule has 2 heterocycles. The number of rotatable bonds is 5. The van der Waals surface area contributed by atoms with Crippen LogP contribution in [0.2, 0.25) is 0 Å². The lowest BCUT2D eigenvalue weighted by Gasteiger charge is -2.20. The summed E-state index contributed by atoms with van der Waals surface area (Å²) in [5.41, 5.74) is 0.950. The lowest BCUT2D eigenvalue weighted by molar-refractivity contribution is 0.592. The molecule has 5 nitrogen and oxygen atoms in total. The highest BCUT2D eigenvalue weighted by Crippen LogP contribution is 2.26. The van der Waals surface area contributed by atoms with Crippen LogP contribution in [0.1, 0.15) is 30.0 Å². The number of nitrogens with zero attached hydrogens (tertiary/aromatic N) is 4. The molecule has 24 heavy (non-hydrogen) atoms. The molecule has 1 aromatic carbocycles. The molecule has 0 saturated heterocycles. The zero-order chi connectivity index (χ0) is 17.1. The van der Waals surface area contributed by atoms with Crippen molar-refractivity contribution in [3.63, 3.8) is 0 Å². The fourth-order valence-electron chi connectivity index (χ4n) is 2.53. The van der Waals surface area contributed by atoms with Crippen LogP contribution in [-0.2, 0) is 13.5 Å². The Morgan fingerprint density at radius 3 is 2.71 bits per heavy atom. The molecule has 0 aliphatic carbocycles. The van der Waals surface area contributed by atoms with Crippen LogP contribution in [-0.4, -0.2) is 19.5 Å². The molecule has 1 N–H and O–H groups in total. The second-order valence-electron chi connectivity index (χ2n) is 5.37. The highest BCUT2D eigenvalue weighted by molar-refractivity contribution is 5.43. The van der Waals surface area contributed by atoms with Gasteiger partial charge in [-0.3, -0.25) is 0 Å². The Bertz CT molecular complexity index is 847. The molecule has 0 bridgehead atoms. The van der Waals surface area contributed by atoms with Crippen LogP contribution in [0.3, 0.4) is 0 Å². The smallest absolute Gasteiger partial charge is 0.186 e. The zero-order valence-electron chi connectivity index (χ0n) is 13.4. The molecule has 0 aliphatic rings. The Morgan fingerprint density at radius 1 is 1.21 bits per heavy atom. The predicted molar refractivity (Wildman–Crippen MR) is 86.4 cm³/mol. The van der Waals surface area contributed by atoms with E-state index in [1.807, 2.05) is 14.0 Å². The van der Waals surface area contributed by atoms with Gasteiger partial charge in [0.2, 0.25) is 0 Å². The molecule has 0 saturated carbocycles. The van der Waals surface area contributed by atoms with Crippen molar-refractivity contribution in [3.8, 4) is 0 Å². The third-order valence-corrected chi connectivity index (χ3v) is 3.78. The summed E-state index contributed by atoms with van der Waals surface area (Å²) in [5, 5.41) is 3.03. The van der Waals surface area contributed by atoms with Crippen LogP contribution in [0.15, 0.2) is 43.0 Å². The number of aromatic nitrogens is 4. The molecule has 0 aliphatic heterocycles. The number of nitrogens with one attached hydrogen (secondary N) is 1. The molecule has 1 atom stereocenters. The van der Waals surface area contributed by atoms with E-state index in [0.717, 1.165) is 0 Å². The van der Waals surface area contributed by atoms with E-state index in [1.54, 1.807) is 29.1 Å². The van der Waals surface area contributed by atoms with Crippen molar-refractivity contribution in [2.75, 3.05) is 5.32 Å². The van der Waals surface area contributed by atoms with E-state index < -0.39 is 11.9 Å². The standard InChI is InChI=1S/C17H17F2N5/c1-3-13-14(19)16(22-10-21-13)23-15(17-20-7-8-24(17)2)11-5-4-6-12(18)9-11/h4-10,15H,3H2,1-2H3,(H,21,22,23)/t15-/m1/s1. The first-order valence-corrected chi connectivity index (χ1v) is 7.58. The summed E-state index contributed by atoms with van der Waals surface area (Å²) < 4.78 is 29.9. The van der Waals surface area contributed by atoms with E-state index in [2.05, 4.69) is 20.3 Å². The number of imidazole rings is 1. The van der Waals surface area contributed by atoms with Crippen molar-refractivity contribution in [1.82, 2.24) is 19.5 Å². The third-order valence-electron chi connectivity index (χ3n) is 3.78. The van der Waals surface area contributed by atoms with Gasteiger partial charge in [-0.2, -0.15) is 0 Å². The Morgan fingerprint density at radius 2 is 2.04 bits per heavy atom. The molecule has 0 fully saturated rings. The first-order chi connectivity index (χ1) is 11.6. The van der Waals surface area contributed by atoms with Gasteiger partial charge >= 0.3 is 0 Å². The largest absolute Gasteiger partial charge is 0.354 e. The normalized spacial score (nSPS) is 12.2. The lowest BCUT2D eigenvalue weighted by Crippen LogP contribution is -2.19. The quantitative estimate of drug-likeness (QED) is 0.781. The Balaban J connectivity index is 2.05. The van der Waals surface area contributed by atoms with Crippen LogP contribution in [0, 0.1) is 11.6 Å². The summed E-state index contributed by atoms with van der Waals surface area (Å²) in [6.45, 7) is 1.82.